The standard InChI is InChI=1S/C5H5N.C2H6O4S/c1-2-4-6-5-3-1;1-5-7(3,4)6-2/h1-5H;1-2H3. The van der Waals surface area contributed by atoms with Gasteiger partial charge in [0.05, 0.1) is 14.2 Å². The molecule has 0 spiro atoms. The van der Waals surface area contributed by atoms with Crippen LogP contribution in [-0.4, -0.2) is 27.6 Å². The van der Waals surface area contributed by atoms with Gasteiger partial charge in [0.2, 0.25) is 0 Å². The number of aromatic nitrogens is 1. The maximum absolute atomic E-state index is 9.92. The van der Waals surface area contributed by atoms with Crippen LogP contribution in [-0.2, 0) is 18.8 Å². The Labute approximate surface area is 77.7 Å². The van der Waals surface area contributed by atoms with Gasteiger partial charge in [-0.1, -0.05) is 6.07 Å². The van der Waals surface area contributed by atoms with Gasteiger partial charge in [0.25, 0.3) is 0 Å². The van der Waals surface area contributed by atoms with Crippen LogP contribution < -0.4 is 0 Å². The van der Waals surface area contributed by atoms with Gasteiger partial charge in [0.15, 0.2) is 0 Å². The summed E-state index contributed by atoms with van der Waals surface area (Å²) in [6.45, 7) is 0. The van der Waals surface area contributed by atoms with Gasteiger partial charge in [0.1, 0.15) is 0 Å². The van der Waals surface area contributed by atoms with E-state index in [9.17, 15) is 8.42 Å². The van der Waals surface area contributed by atoms with E-state index in [1.54, 1.807) is 12.4 Å². The number of nitrogens with zero attached hydrogens (tertiary/aromatic N) is 1. The zero-order valence-corrected chi connectivity index (χ0v) is 8.19. The Balaban J connectivity index is 0.000000223. The lowest BCUT2D eigenvalue weighted by molar-refractivity contribution is 0.286. The predicted octanol–water partition coefficient (Wildman–Crippen LogP) is 0.606. The summed E-state index contributed by atoms with van der Waals surface area (Å²) in [5.74, 6) is 0. The molecule has 0 aliphatic rings. The quantitative estimate of drug-likeness (QED) is 0.707. The third-order valence-corrected chi connectivity index (χ3v) is 1.79. The lowest BCUT2D eigenvalue weighted by Crippen LogP contribution is -2.02. The second-order valence-electron chi connectivity index (χ2n) is 1.77. The Morgan fingerprint density at radius 3 is 1.54 bits per heavy atom. The first-order valence-corrected chi connectivity index (χ1v) is 4.67. The van der Waals surface area contributed by atoms with Crippen molar-refractivity contribution in [3.63, 3.8) is 0 Å². The average molecular weight is 205 g/mol. The van der Waals surface area contributed by atoms with Gasteiger partial charge in [0, 0.05) is 12.4 Å². The molecule has 0 aliphatic carbocycles. The molecule has 0 aromatic carbocycles. The third-order valence-electron chi connectivity index (χ3n) is 0.975. The highest BCUT2D eigenvalue weighted by molar-refractivity contribution is 7.81. The van der Waals surface area contributed by atoms with Gasteiger partial charge in [-0.05, 0) is 12.1 Å². The van der Waals surface area contributed by atoms with E-state index < -0.39 is 10.4 Å². The van der Waals surface area contributed by atoms with Crippen LogP contribution in [0.15, 0.2) is 30.6 Å². The first-order chi connectivity index (χ1) is 6.12. The van der Waals surface area contributed by atoms with Crippen molar-refractivity contribution in [1.29, 1.82) is 0 Å². The summed E-state index contributed by atoms with van der Waals surface area (Å²) in [6.07, 6.45) is 3.50. The summed E-state index contributed by atoms with van der Waals surface area (Å²) >= 11 is 0. The Morgan fingerprint density at radius 1 is 1.00 bits per heavy atom. The van der Waals surface area contributed by atoms with Gasteiger partial charge in [-0.3, -0.25) is 13.4 Å². The minimum atomic E-state index is -3.66. The van der Waals surface area contributed by atoms with Crippen LogP contribution in [0.25, 0.3) is 0 Å². The minimum absolute atomic E-state index is 1.03. The molecule has 5 nitrogen and oxygen atoms in total. The zero-order chi connectivity index (χ0) is 10.2. The molecular formula is C7H11NO4S. The summed E-state index contributed by atoms with van der Waals surface area (Å²) in [7, 11) is -1.60. The summed E-state index contributed by atoms with van der Waals surface area (Å²) in [6, 6.07) is 5.72. The molecule has 1 heterocycles. The Morgan fingerprint density at radius 2 is 1.46 bits per heavy atom. The molecule has 1 aromatic rings. The number of hydrogen-bond acceptors (Lipinski definition) is 5. The molecule has 1 rings (SSSR count). The maximum atomic E-state index is 9.92. The molecule has 0 radical (unpaired) electrons. The fourth-order valence-corrected chi connectivity index (χ4v) is 0.517. The van der Waals surface area contributed by atoms with Crippen LogP contribution in [0.3, 0.4) is 0 Å². The van der Waals surface area contributed by atoms with E-state index in [1.807, 2.05) is 18.2 Å². The molecule has 0 saturated carbocycles. The normalized spacial score (nSPS) is 10.0. The van der Waals surface area contributed by atoms with Crippen molar-refractivity contribution < 1.29 is 16.8 Å². The Bertz CT molecular complexity index is 261. The van der Waals surface area contributed by atoms with Crippen molar-refractivity contribution in [1.82, 2.24) is 4.98 Å². The molecule has 0 bridgehead atoms. The molecule has 0 N–H and O–H groups in total. The zero-order valence-electron chi connectivity index (χ0n) is 7.38. The highest BCUT2D eigenvalue weighted by Crippen LogP contribution is 1.85. The van der Waals surface area contributed by atoms with E-state index in [-0.39, 0.29) is 0 Å². The molecule has 74 valence electrons. The summed E-state index contributed by atoms with van der Waals surface area (Å²) in [4.78, 5) is 3.78. The average Bonchev–Trinajstić information content (AvgIpc) is 2.21. The SMILES string of the molecule is COS(=O)(=O)OC.c1ccncc1. The van der Waals surface area contributed by atoms with Crippen molar-refractivity contribution in [2.75, 3.05) is 14.2 Å². The largest absolute Gasteiger partial charge is 0.399 e. The van der Waals surface area contributed by atoms with E-state index in [0.717, 1.165) is 14.2 Å². The van der Waals surface area contributed by atoms with Gasteiger partial charge in [-0.2, -0.15) is 8.42 Å². The van der Waals surface area contributed by atoms with E-state index in [2.05, 4.69) is 13.4 Å². The molecule has 0 unspecified atom stereocenters. The Kier molecular flexibility index (Phi) is 6.03. The second kappa shape index (κ2) is 6.53. The summed E-state index contributed by atoms with van der Waals surface area (Å²) in [5.41, 5.74) is 0. The molecule has 0 atom stereocenters. The smallest absolute Gasteiger partial charge is 0.265 e. The minimum Gasteiger partial charge on any atom is -0.265 e. The van der Waals surface area contributed by atoms with E-state index in [4.69, 9.17) is 0 Å². The van der Waals surface area contributed by atoms with Crippen molar-refractivity contribution in [2.24, 2.45) is 0 Å². The molecule has 0 aliphatic heterocycles. The van der Waals surface area contributed by atoms with Crippen LogP contribution in [0.2, 0.25) is 0 Å². The fraction of sp³-hybridized carbons (Fsp3) is 0.286. The van der Waals surface area contributed by atoms with Crippen LogP contribution >= 0.6 is 0 Å². The van der Waals surface area contributed by atoms with Crippen LogP contribution in [0, 0.1) is 0 Å². The lowest BCUT2D eigenvalue weighted by atomic mass is 10.5. The van der Waals surface area contributed by atoms with Gasteiger partial charge in [-0.15, -0.1) is 0 Å². The Hall–Kier alpha value is -0.980. The molecule has 1 aromatic heterocycles. The van der Waals surface area contributed by atoms with E-state index in [1.165, 1.54) is 0 Å². The molecule has 0 saturated heterocycles. The maximum Gasteiger partial charge on any atom is 0.399 e. The molecule has 0 amide bonds. The van der Waals surface area contributed by atoms with E-state index >= 15 is 0 Å². The van der Waals surface area contributed by atoms with Gasteiger partial charge >= 0.3 is 10.4 Å². The lowest BCUT2D eigenvalue weighted by Gasteiger charge is -1.91. The summed E-state index contributed by atoms with van der Waals surface area (Å²) < 4.78 is 27.5. The van der Waals surface area contributed by atoms with Crippen LogP contribution in [0.5, 0.6) is 0 Å². The van der Waals surface area contributed by atoms with Crippen molar-refractivity contribution in [3.8, 4) is 0 Å². The second-order valence-corrected chi connectivity index (χ2v) is 3.25. The number of hydrogen-bond donors (Lipinski definition) is 0. The number of pyridine rings is 1. The third kappa shape index (κ3) is 7.38. The molecule has 13 heavy (non-hydrogen) atoms. The number of rotatable bonds is 2. The van der Waals surface area contributed by atoms with Crippen molar-refractivity contribution in [3.05, 3.63) is 30.6 Å². The van der Waals surface area contributed by atoms with Crippen LogP contribution in [0.4, 0.5) is 0 Å². The van der Waals surface area contributed by atoms with E-state index in [0.29, 0.717) is 0 Å². The predicted molar refractivity (Wildman–Crippen MR) is 47.2 cm³/mol. The highest BCUT2D eigenvalue weighted by Gasteiger charge is 2.01. The van der Waals surface area contributed by atoms with Crippen molar-refractivity contribution in [2.45, 2.75) is 0 Å². The van der Waals surface area contributed by atoms with Gasteiger partial charge in [-0.25, -0.2) is 0 Å². The first kappa shape index (κ1) is 12.0. The highest BCUT2D eigenvalue weighted by atomic mass is 32.3. The topological polar surface area (TPSA) is 65.5 Å². The monoisotopic (exact) mass is 205 g/mol. The molecular weight excluding hydrogens is 194 g/mol. The first-order valence-electron chi connectivity index (χ1n) is 3.33. The summed E-state index contributed by atoms with van der Waals surface area (Å²) in [5, 5.41) is 0. The molecule has 0 fully saturated rings. The van der Waals surface area contributed by atoms with Crippen LogP contribution in [0.1, 0.15) is 0 Å². The fourth-order valence-electron chi connectivity index (χ4n) is 0.381. The molecule has 6 heteroatoms. The van der Waals surface area contributed by atoms with Gasteiger partial charge < -0.3 is 0 Å². The van der Waals surface area contributed by atoms with Crippen molar-refractivity contribution >= 4 is 10.4 Å².